The highest BCUT2D eigenvalue weighted by Gasteiger charge is 2.26. The molecule has 0 spiro atoms. The number of nitrogens with two attached hydrogens (primary N) is 1. The third kappa shape index (κ3) is 1.99. The summed E-state index contributed by atoms with van der Waals surface area (Å²) in [5.41, 5.74) is 5.16. The number of aromatic nitrogens is 2. The quantitative estimate of drug-likeness (QED) is 0.514. The third-order valence-electron chi connectivity index (χ3n) is 2.08. The Morgan fingerprint density at radius 2 is 2.15 bits per heavy atom. The van der Waals surface area contributed by atoms with Crippen LogP contribution in [0, 0.1) is 6.92 Å². The van der Waals surface area contributed by atoms with Crippen molar-refractivity contribution in [3.63, 3.8) is 0 Å². The number of hydrogen-bond acceptors (Lipinski definition) is 3. The molecule has 0 saturated carbocycles. The van der Waals surface area contributed by atoms with Crippen LogP contribution in [0.4, 0.5) is 0 Å². The predicted octanol–water partition coefficient (Wildman–Crippen LogP) is -0.432. The summed E-state index contributed by atoms with van der Waals surface area (Å²) in [7, 11) is 0. The van der Waals surface area contributed by atoms with E-state index in [0.29, 0.717) is 24.4 Å². The highest BCUT2D eigenvalue weighted by atomic mass is 16.3. The van der Waals surface area contributed by atoms with Crippen molar-refractivity contribution < 1.29 is 5.11 Å². The van der Waals surface area contributed by atoms with Crippen LogP contribution in [0.25, 0.3) is 0 Å². The number of hydrogen-bond donors (Lipinski definition) is 4. The number of rotatable bonds is 3. The maximum absolute atomic E-state index is 10.9. The van der Waals surface area contributed by atoms with Gasteiger partial charge in [0.25, 0.3) is 0 Å². The lowest BCUT2D eigenvalue weighted by atomic mass is 9.97. The van der Waals surface area contributed by atoms with E-state index in [2.05, 4.69) is 9.97 Å². The van der Waals surface area contributed by atoms with E-state index in [0.717, 1.165) is 0 Å². The molecule has 0 aliphatic carbocycles. The highest BCUT2D eigenvalue weighted by Crippen LogP contribution is 2.22. The van der Waals surface area contributed by atoms with E-state index in [1.165, 1.54) is 0 Å². The fourth-order valence-electron chi connectivity index (χ4n) is 1.42. The number of aromatic amines is 2. The Balaban J connectivity index is 3.05. The molecule has 74 valence electrons. The Bertz CT molecular complexity index is 337. The van der Waals surface area contributed by atoms with Gasteiger partial charge in [-0.05, 0) is 26.8 Å². The van der Waals surface area contributed by atoms with Crippen molar-refractivity contribution in [2.45, 2.75) is 25.9 Å². The van der Waals surface area contributed by atoms with E-state index in [1.54, 1.807) is 13.8 Å². The fourth-order valence-corrected chi connectivity index (χ4v) is 1.42. The standard InChI is InChI=1S/C8H15N3O2/c1-5-6(11-7(12)10-5)8(2,13)3-4-9/h13H,3-4,9H2,1-2H3,(H2,10,11,12). The average Bonchev–Trinajstić information content (AvgIpc) is 2.30. The van der Waals surface area contributed by atoms with Crippen molar-refractivity contribution in [3.05, 3.63) is 21.9 Å². The van der Waals surface area contributed by atoms with Crippen LogP contribution in [0.5, 0.6) is 0 Å². The van der Waals surface area contributed by atoms with Crippen molar-refractivity contribution in [1.29, 1.82) is 0 Å². The minimum atomic E-state index is -1.06. The van der Waals surface area contributed by atoms with E-state index in [4.69, 9.17) is 5.73 Å². The highest BCUT2D eigenvalue weighted by molar-refractivity contribution is 5.16. The molecular weight excluding hydrogens is 170 g/mol. The molecule has 1 aromatic heterocycles. The molecule has 1 unspecified atom stereocenters. The normalized spacial score (nSPS) is 15.7. The van der Waals surface area contributed by atoms with Crippen molar-refractivity contribution in [2.24, 2.45) is 5.73 Å². The summed E-state index contributed by atoms with van der Waals surface area (Å²) < 4.78 is 0. The predicted molar refractivity (Wildman–Crippen MR) is 49.4 cm³/mol. The molecule has 1 atom stereocenters. The Kier molecular flexibility index (Phi) is 2.58. The molecule has 13 heavy (non-hydrogen) atoms. The van der Waals surface area contributed by atoms with Gasteiger partial charge in [-0.1, -0.05) is 0 Å². The molecule has 0 fully saturated rings. The van der Waals surface area contributed by atoms with Gasteiger partial charge in [-0.3, -0.25) is 0 Å². The molecule has 5 N–H and O–H groups in total. The van der Waals surface area contributed by atoms with Gasteiger partial charge in [-0.2, -0.15) is 0 Å². The number of H-pyrrole nitrogens is 2. The second kappa shape index (κ2) is 3.35. The van der Waals surface area contributed by atoms with E-state index < -0.39 is 5.60 Å². The maximum atomic E-state index is 10.9. The maximum Gasteiger partial charge on any atom is 0.323 e. The van der Waals surface area contributed by atoms with Crippen molar-refractivity contribution in [3.8, 4) is 0 Å². The monoisotopic (exact) mass is 185 g/mol. The van der Waals surface area contributed by atoms with Gasteiger partial charge in [-0.25, -0.2) is 4.79 Å². The number of imidazole rings is 1. The van der Waals surface area contributed by atoms with Crippen LogP contribution in [0.15, 0.2) is 4.79 Å². The molecule has 0 saturated heterocycles. The van der Waals surface area contributed by atoms with Gasteiger partial charge in [0.2, 0.25) is 0 Å². The third-order valence-corrected chi connectivity index (χ3v) is 2.08. The minimum Gasteiger partial charge on any atom is -0.384 e. The lowest BCUT2D eigenvalue weighted by molar-refractivity contribution is 0.0455. The summed E-state index contributed by atoms with van der Waals surface area (Å²) in [6.45, 7) is 3.74. The first-order valence-corrected chi connectivity index (χ1v) is 4.19. The Morgan fingerprint density at radius 1 is 1.54 bits per heavy atom. The zero-order chi connectivity index (χ0) is 10.1. The van der Waals surface area contributed by atoms with Crippen LogP contribution in [0.2, 0.25) is 0 Å². The van der Waals surface area contributed by atoms with E-state index >= 15 is 0 Å². The van der Waals surface area contributed by atoms with Gasteiger partial charge in [0.1, 0.15) is 5.60 Å². The molecule has 1 rings (SSSR count). The van der Waals surface area contributed by atoms with Gasteiger partial charge in [0.05, 0.1) is 5.69 Å². The van der Waals surface area contributed by atoms with E-state index in [1.807, 2.05) is 0 Å². The van der Waals surface area contributed by atoms with Gasteiger partial charge in [-0.15, -0.1) is 0 Å². The SMILES string of the molecule is Cc1[nH]c(=O)[nH]c1C(C)(O)CCN. The van der Waals surface area contributed by atoms with Gasteiger partial charge in [0.15, 0.2) is 0 Å². The summed E-state index contributed by atoms with van der Waals surface area (Å²) in [5, 5.41) is 9.91. The number of aliphatic hydroxyl groups is 1. The molecule has 0 aliphatic heterocycles. The molecule has 5 nitrogen and oxygen atoms in total. The fraction of sp³-hybridized carbons (Fsp3) is 0.625. The molecule has 0 aliphatic rings. The molecule has 0 aromatic carbocycles. The van der Waals surface area contributed by atoms with E-state index in [9.17, 15) is 9.90 Å². The number of nitrogens with one attached hydrogen (secondary N) is 2. The minimum absolute atomic E-state index is 0.301. The zero-order valence-electron chi connectivity index (χ0n) is 7.85. The molecule has 0 amide bonds. The Morgan fingerprint density at radius 3 is 2.54 bits per heavy atom. The summed E-state index contributed by atoms with van der Waals surface area (Å²) in [6, 6.07) is 0. The second-order valence-electron chi connectivity index (χ2n) is 3.39. The first kappa shape index (κ1) is 10.0. The lowest BCUT2D eigenvalue weighted by Crippen LogP contribution is -2.26. The largest absolute Gasteiger partial charge is 0.384 e. The van der Waals surface area contributed by atoms with Crippen molar-refractivity contribution in [2.75, 3.05) is 6.54 Å². The molecule has 0 bridgehead atoms. The molecule has 1 aromatic rings. The van der Waals surface area contributed by atoms with Gasteiger partial charge < -0.3 is 20.8 Å². The first-order valence-electron chi connectivity index (χ1n) is 4.19. The lowest BCUT2D eigenvalue weighted by Gasteiger charge is -2.21. The molecule has 5 heteroatoms. The Labute approximate surface area is 76.0 Å². The zero-order valence-corrected chi connectivity index (χ0v) is 7.85. The van der Waals surface area contributed by atoms with Gasteiger partial charge >= 0.3 is 5.69 Å². The molecular formula is C8H15N3O2. The Hall–Kier alpha value is -1.07. The summed E-state index contributed by atoms with van der Waals surface area (Å²) in [4.78, 5) is 16.0. The first-order chi connectivity index (χ1) is 5.97. The van der Waals surface area contributed by atoms with Crippen LogP contribution in [-0.2, 0) is 5.60 Å². The molecule has 1 heterocycles. The van der Waals surface area contributed by atoms with Crippen molar-refractivity contribution in [1.82, 2.24) is 9.97 Å². The van der Waals surface area contributed by atoms with E-state index in [-0.39, 0.29) is 5.69 Å². The summed E-state index contributed by atoms with van der Waals surface area (Å²) in [5.74, 6) is 0. The molecule has 0 radical (unpaired) electrons. The average molecular weight is 185 g/mol. The van der Waals surface area contributed by atoms with Crippen LogP contribution in [0.3, 0.4) is 0 Å². The summed E-state index contributed by atoms with van der Waals surface area (Å²) in [6.07, 6.45) is 0.418. The van der Waals surface area contributed by atoms with Gasteiger partial charge in [0, 0.05) is 5.69 Å². The van der Waals surface area contributed by atoms with Crippen molar-refractivity contribution >= 4 is 0 Å². The number of aryl methyl sites for hydroxylation is 1. The van der Waals surface area contributed by atoms with Crippen LogP contribution in [0.1, 0.15) is 24.7 Å². The van der Waals surface area contributed by atoms with Crippen LogP contribution < -0.4 is 11.4 Å². The smallest absolute Gasteiger partial charge is 0.323 e. The van der Waals surface area contributed by atoms with Crippen LogP contribution in [-0.4, -0.2) is 21.6 Å². The topological polar surface area (TPSA) is 94.9 Å². The van der Waals surface area contributed by atoms with Crippen LogP contribution >= 0.6 is 0 Å². The second-order valence-corrected chi connectivity index (χ2v) is 3.39. The summed E-state index contributed by atoms with van der Waals surface area (Å²) >= 11 is 0.